The third-order valence-electron chi connectivity index (χ3n) is 4.37. The van der Waals surface area contributed by atoms with Gasteiger partial charge < -0.3 is 9.97 Å². The van der Waals surface area contributed by atoms with Gasteiger partial charge in [-0.2, -0.15) is 5.10 Å². The number of nitrogens with one attached hydrogen (secondary N) is 3. The molecule has 0 atom stereocenters. The van der Waals surface area contributed by atoms with Gasteiger partial charge in [0.1, 0.15) is 5.69 Å². The maximum Gasteiger partial charge on any atom is 0.290 e. The molecule has 0 fully saturated rings. The van der Waals surface area contributed by atoms with Crippen LogP contribution in [0.15, 0.2) is 65.7 Å². The second-order valence-electron chi connectivity index (χ2n) is 5.83. The van der Waals surface area contributed by atoms with Crippen LogP contribution in [0.3, 0.4) is 0 Å². The number of fused-ring (bicyclic) bond motifs is 2. The molecule has 6 heteroatoms. The van der Waals surface area contributed by atoms with Gasteiger partial charge >= 0.3 is 0 Å². The molecule has 0 aliphatic heterocycles. The first-order valence-electron chi connectivity index (χ1n) is 7.91. The van der Waals surface area contributed by atoms with Crippen molar-refractivity contribution in [3.8, 4) is 22.6 Å². The number of hydrogen-bond acceptors (Lipinski definition) is 3. The van der Waals surface area contributed by atoms with Crippen molar-refractivity contribution in [2.24, 2.45) is 0 Å². The molecule has 0 spiro atoms. The summed E-state index contributed by atoms with van der Waals surface area (Å²) in [4.78, 5) is 23.3. The molecule has 6 nitrogen and oxygen atoms in total. The van der Waals surface area contributed by atoms with Gasteiger partial charge in [-0.25, -0.2) is 10.1 Å². The predicted molar refractivity (Wildman–Crippen MR) is 97.2 cm³/mol. The first-order chi connectivity index (χ1) is 12.3. The number of nitrogens with zero attached hydrogens (tertiary/aromatic N) is 2. The summed E-state index contributed by atoms with van der Waals surface area (Å²) in [5, 5.41) is 8.69. The molecule has 0 aliphatic rings. The monoisotopic (exact) mass is 327 g/mol. The van der Waals surface area contributed by atoms with Crippen LogP contribution in [0.1, 0.15) is 0 Å². The van der Waals surface area contributed by atoms with E-state index in [1.165, 1.54) is 0 Å². The number of aromatic amines is 3. The van der Waals surface area contributed by atoms with E-state index in [1.807, 2.05) is 54.7 Å². The van der Waals surface area contributed by atoms with E-state index < -0.39 is 0 Å². The Morgan fingerprint density at radius 1 is 0.760 bits per heavy atom. The zero-order chi connectivity index (χ0) is 16.8. The van der Waals surface area contributed by atoms with Gasteiger partial charge in [0.15, 0.2) is 5.82 Å². The molecule has 3 N–H and O–H groups in total. The minimum absolute atomic E-state index is 0.312. The summed E-state index contributed by atoms with van der Waals surface area (Å²) in [5.41, 5.74) is 3.62. The normalized spacial score (nSPS) is 11.4. The molecule has 25 heavy (non-hydrogen) atoms. The second-order valence-corrected chi connectivity index (χ2v) is 5.83. The van der Waals surface area contributed by atoms with E-state index in [4.69, 9.17) is 0 Å². The van der Waals surface area contributed by atoms with Crippen LogP contribution in [0.2, 0.25) is 0 Å². The van der Waals surface area contributed by atoms with E-state index >= 15 is 0 Å². The number of hydrogen-bond donors (Lipinski definition) is 3. The predicted octanol–water partition coefficient (Wildman–Crippen LogP) is 3.46. The summed E-state index contributed by atoms with van der Waals surface area (Å²) >= 11 is 0. The minimum atomic E-state index is -0.312. The Balaban J connectivity index is 1.75. The molecule has 3 heterocycles. The van der Waals surface area contributed by atoms with Gasteiger partial charge in [0.25, 0.3) is 5.56 Å². The zero-order valence-electron chi connectivity index (χ0n) is 13.1. The van der Waals surface area contributed by atoms with E-state index in [0.717, 1.165) is 32.9 Å². The summed E-state index contributed by atoms with van der Waals surface area (Å²) in [6.07, 6.45) is 3.67. The van der Waals surface area contributed by atoms with Crippen molar-refractivity contribution in [1.29, 1.82) is 0 Å². The molecule has 120 valence electrons. The molecule has 0 saturated carbocycles. The highest BCUT2D eigenvalue weighted by molar-refractivity contribution is 5.96. The topological polar surface area (TPSA) is 90.2 Å². The highest BCUT2D eigenvalue weighted by Crippen LogP contribution is 2.28. The highest BCUT2D eigenvalue weighted by atomic mass is 16.1. The van der Waals surface area contributed by atoms with Gasteiger partial charge in [0.2, 0.25) is 0 Å². The fourth-order valence-electron chi connectivity index (χ4n) is 3.17. The van der Waals surface area contributed by atoms with Gasteiger partial charge in [0.05, 0.1) is 0 Å². The summed E-state index contributed by atoms with van der Waals surface area (Å²) in [6, 6.07) is 15.7. The quantitative estimate of drug-likeness (QED) is 0.464. The van der Waals surface area contributed by atoms with E-state index in [2.05, 4.69) is 25.1 Å². The van der Waals surface area contributed by atoms with Crippen LogP contribution < -0.4 is 5.56 Å². The maximum absolute atomic E-state index is 12.3. The molecule has 0 radical (unpaired) electrons. The fourth-order valence-corrected chi connectivity index (χ4v) is 3.17. The van der Waals surface area contributed by atoms with E-state index in [-0.39, 0.29) is 5.56 Å². The molecular weight excluding hydrogens is 314 g/mol. The maximum atomic E-state index is 12.3. The Kier molecular flexibility index (Phi) is 2.84. The average Bonchev–Trinajstić information content (AvgIpc) is 3.26. The van der Waals surface area contributed by atoms with Crippen LogP contribution in [0.25, 0.3) is 44.5 Å². The molecule has 0 saturated heterocycles. The first kappa shape index (κ1) is 13.7. The Bertz CT molecular complexity index is 1280. The van der Waals surface area contributed by atoms with Gasteiger partial charge in [-0.1, -0.05) is 36.4 Å². The van der Waals surface area contributed by atoms with Gasteiger partial charge in [-0.3, -0.25) is 4.79 Å². The van der Waals surface area contributed by atoms with Crippen molar-refractivity contribution < 1.29 is 0 Å². The SMILES string of the molecule is O=c1[nH]nc(-c2c[nH]c3ccccc23)nc1-c1c[nH]c2ccccc12. The van der Waals surface area contributed by atoms with Crippen molar-refractivity contribution in [1.82, 2.24) is 25.1 Å². The van der Waals surface area contributed by atoms with Crippen molar-refractivity contribution in [3.05, 3.63) is 71.3 Å². The zero-order valence-corrected chi connectivity index (χ0v) is 13.1. The van der Waals surface area contributed by atoms with E-state index in [9.17, 15) is 4.79 Å². The van der Waals surface area contributed by atoms with Crippen LogP contribution in [-0.2, 0) is 0 Å². The van der Waals surface area contributed by atoms with Crippen LogP contribution >= 0.6 is 0 Å². The first-order valence-corrected chi connectivity index (χ1v) is 7.91. The molecule has 3 aromatic heterocycles. The van der Waals surface area contributed by atoms with Crippen LogP contribution in [0, 0.1) is 0 Å². The molecule has 5 aromatic rings. The van der Waals surface area contributed by atoms with Crippen molar-refractivity contribution in [2.45, 2.75) is 0 Å². The third-order valence-corrected chi connectivity index (χ3v) is 4.37. The number of rotatable bonds is 2. The average molecular weight is 327 g/mol. The molecule has 0 unspecified atom stereocenters. The summed E-state index contributed by atoms with van der Waals surface area (Å²) in [6.45, 7) is 0. The lowest BCUT2D eigenvalue weighted by Crippen LogP contribution is -2.14. The van der Waals surface area contributed by atoms with Crippen LogP contribution in [0.4, 0.5) is 0 Å². The Labute approximate surface area is 141 Å². The van der Waals surface area contributed by atoms with E-state index in [0.29, 0.717) is 11.5 Å². The number of H-pyrrole nitrogens is 3. The molecule has 0 bridgehead atoms. The lowest BCUT2D eigenvalue weighted by Gasteiger charge is -2.02. The number of benzene rings is 2. The van der Waals surface area contributed by atoms with Crippen molar-refractivity contribution in [2.75, 3.05) is 0 Å². The van der Waals surface area contributed by atoms with Crippen molar-refractivity contribution >= 4 is 21.8 Å². The summed E-state index contributed by atoms with van der Waals surface area (Å²) < 4.78 is 0. The Morgan fingerprint density at radius 3 is 2.08 bits per heavy atom. The molecular formula is C19H13N5O. The molecule has 5 rings (SSSR count). The lowest BCUT2D eigenvalue weighted by atomic mass is 10.1. The standard InChI is InChI=1S/C19H13N5O/c25-19-17(13-9-20-15-7-3-1-5-11(13)15)22-18(23-24-19)14-10-21-16-8-4-2-6-12(14)16/h1-10,20-21H,(H,24,25). The van der Waals surface area contributed by atoms with Gasteiger partial charge in [-0.15, -0.1) is 0 Å². The minimum Gasteiger partial charge on any atom is -0.360 e. The van der Waals surface area contributed by atoms with Gasteiger partial charge in [0, 0.05) is 45.3 Å². The van der Waals surface area contributed by atoms with Crippen LogP contribution in [0.5, 0.6) is 0 Å². The van der Waals surface area contributed by atoms with Gasteiger partial charge in [-0.05, 0) is 12.1 Å². The number of aromatic nitrogens is 5. The Hall–Kier alpha value is -3.67. The Morgan fingerprint density at radius 2 is 1.36 bits per heavy atom. The van der Waals surface area contributed by atoms with Crippen molar-refractivity contribution in [3.63, 3.8) is 0 Å². The number of para-hydroxylation sites is 2. The molecule has 0 aliphatic carbocycles. The molecule has 2 aromatic carbocycles. The largest absolute Gasteiger partial charge is 0.360 e. The smallest absolute Gasteiger partial charge is 0.290 e. The van der Waals surface area contributed by atoms with E-state index in [1.54, 1.807) is 6.20 Å². The fraction of sp³-hybridized carbons (Fsp3) is 0. The third kappa shape index (κ3) is 2.08. The summed E-state index contributed by atoms with van der Waals surface area (Å²) in [5.74, 6) is 0.484. The van der Waals surface area contributed by atoms with Crippen LogP contribution in [-0.4, -0.2) is 25.1 Å². The lowest BCUT2D eigenvalue weighted by molar-refractivity contribution is 0.948. The molecule has 0 amide bonds. The second kappa shape index (κ2) is 5.17. The highest BCUT2D eigenvalue weighted by Gasteiger charge is 2.15. The summed E-state index contributed by atoms with van der Waals surface area (Å²) in [7, 11) is 0.